The molecule has 0 aliphatic carbocycles. The Morgan fingerprint density at radius 3 is 2.44 bits per heavy atom. The van der Waals surface area contributed by atoms with Crippen molar-refractivity contribution in [3.63, 3.8) is 0 Å². The fourth-order valence-corrected chi connectivity index (χ4v) is 3.08. The first-order chi connectivity index (χ1) is 12.2. The summed E-state index contributed by atoms with van der Waals surface area (Å²) in [5.74, 6) is 0. The molecule has 3 nitrogen and oxygen atoms in total. The van der Waals surface area contributed by atoms with Gasteiger partial charge in [-0.05, 0) is 55.8 Å². The molecule has 3 aromatic heterocycles. The Morgan fingerprint density at radius 2 is 1.56 bits per heavy atom. The maximum atomic E-state index is 4.22. The Labute approximate surface area is 146 Å². The summed E-state index contributed by atoms with van der Waals surface area (Å²) < 4.78 is 0. The number of para-hydroxylation sites is 1. The lowest BCUT2D eigenvalue weighted by Crippen LogP contribution is -1.83. The molecule has 0 saturated heterocycles. The summed E-state index contributed by atoms with van der Waals surface area (Å²) in [6.07, 6.45) is 3.59. The lowest BCUT2D eigenvalue weighted by atomic mass is 10.1. The van der Waals surface area contributed by atoms with Gasteiger partial charge in [0.15, 0.2) is 0 Å². The van der Waals surface area contributed by atoms with Crippen molar-refractivity contribution in [3.8, 4) is 0 Å². The molecule has 5 rings (SSSR count). The van der Waals surface area contributed by atoms with Crippen molar-refractivity contribution in [2.75, 3.05) is 0 Å². The van der Waals surface area contributed by atoms with E-state index in [0.717, 1.165) is 11.0 Å². The molecule has 122 valence electrons. The number of aryl methyl sites for hydroxylation is 2. The van der Waals surface area contributed by atoms with Gasteiger partial charge in [0, 0.05) is 34.2 Å². The van der Waals surface area contributed by atoms with Gasteiger partial charge >= 0.3 is 0 Å². The zero-order valence-electron chi connectivity index (χ0n) is 14.3. The molecular weight excluding hydrogens is 306 g/mol. The Morgan fingerprint density at radius 1 is 0.720 bits per heavy atom. The first-order valence-electron chi connectivity index (χ1n) is 8.36. The summed E-state index contributed by atoms with van der Waals surface area (Å²) >= 11 is 0. The highest BCUT2D eigenvalue weighted by Crippen LogP contribution is 2.25. The lowest BCUT2D eigenvalue weighted by molar-refractivity contribution is 1.30. The van der Waals surface area contributed by atoms with E-state index < -0.39 is 0 Å². The first-order valence-corrected chi connectivity index (χ1v) is 8.36. The summed E-state index contributed by atoms with van der Waals surface area (Å²) in [6.45, 7) is 4.16. The summed E-state index contributed by atoms with van der Waals surface area (Å²) in [5, 5.41) is 2.63. The van der Waals surface area contributed by atoms with E-state index in [1.807, 2.05) is 25.1 Å². The number of hydrogen-bond donors (Lipinski definition) is 1. The van der Waals surface area contributed by atoms with Gasteiger partial charge in [0.1, 0.15) is 0 Å². The Kier molecular flexibility index (Phi) is 3.90. The fraction of sp³-hybridized carbons (Fsp3) is 0.0909. The minimum atomic E-state index is 0.965. The molecule has 0 saturated carbocycles. The van der Waals surface area contributed by atoms with Crippen LogP contribution in [-0.2, 0) is 0 Å². The van der Waals surface area contributed by atoms with Crippen LogP contribution in [0.1, 0.15) is 11.1 Å². The van der Waals surface area contributed by atoms with E-state index >= 15 is 0 Å². The van der Waals surface area contributed by atoms with Crippen molar-refractivity contribution >= 4 is 32.8 Å². The zero-order chi connectivity index (χ0) is 17.2. The second kappa shape index (κ2) is 6.36. The van der Waals surface area contributed by atoms with Gasteiger partial charge in [-0.25, -0.2) is 0 Å². The van der Waals surface area contributed by atoms with Crippen molar-refractivity contribution in [1.29, 1.82) is 0 Å². The minimum Gasteiger partial charge on any atom is -0.355 e. The number of aromatic amines is 1. The summed E-state index contributed by atoms with van der Waals surface area (Å²) in [4.78, 5) is 11.8. The van der Waals surface area contributed by atoms with Gasteiger partial charge in [0.2, 0.25) is 0 Å². The molecule has 0 atom stereocenters. The predicted molar refractivity (Wildman–Crippen MR) is 105 cm³/mol. The van der Waals surface area contributed by atoms with Gasteiger partial charge in [-0.3, -0.25) is 9.97 Å². The maximum absolute atomic E-state index is 4.22. The number of H-pyrrole nitrogens is 1. The smallest absolute Gasteiger partial charge is 0.0915 e. The molecule has 2 aromatic carbocycles. The van der Waals surface area contributed by atoms with Crippen LogP contribution in [0.15, 0.2) is 73.1 Å². The Balaban J connectivity index is 0.000000129. The molecule has 0 unspecified atom stereocenters. The third-order valence-corrected chi connectivity index (χ3v) is 4.36. The zero-order valence-corrected chi connectivity index (χ0v) is 14.3. The van der Waals surface area contributed by atoms with Gasteiger partial charge in [-0.1, -0.05) is 29.8 Å². The molecule has 1 N–H and O–H groups in total. The highest BCUT2D eigenvalue weighted by Gasteiger charge is 2.02. The normalized spacial score (nSPS) is 10.8. The molecule has 0 aliphatic heterocycles. The van der Waals surface area contributed by atoms with Crippen LogP contribution < -0.4 is 0 Å². The number of pyridine rings is 2. The lowest BCUT2D eigenvalue weighted by Gasteiger charge is -1.96. The third kappa shape index (κ3) is 2.96. The van der Waals surface area contributed by atoms with Gasteiger partial charge < -0.3 is 4.98 Å². The molecule has 0 amide bonds. The van der Waals surface area contributed by atoms with Crippen LogP contribution >= 0.6 is 0 Å². The number of hydrogen-bond acceptors (Lipinski definition) is 2. The van der Waals surface area contributed by atoms with Crippen molar-refractivity contribution in [3.05, 3.63) is 84.2 Å². The topological polar surface area (TPSA) is 41.6 Å². The molecule has 0 spiro atoms. The van der Waals surface area contributed by atoms with E-state index in [4.69, 9.17) is 0 Å². The molecule has 0 fully saturated rings. The molecule has 0 radical (unpaired) electrons. The number of nitrogens with one attached hydrogen (secondary N) is 1. The van der Waals surface area contributed by atoms with Gasteiger partial charge in [0.05, 0.1) is 11.0 Å². The summed E-state index contributed by atoms with van der Waals surface area (Å²) in [6, 6.07) is 20.8. The number of nitrogens with zero attached hydrogens (tertiary/aromatic N) is 2. The number of benzene rings is 2. The van der Waals surface area contributed by atoms with Crippen LogP contribution in [-0.4, -0.2) is 15.0 Å². The molecule has 25 heavy (non-hydrogen) atoms. The molecule has 0 bridgehead atoms. The van der Waals surface area contributed by atoms with E-state index in [0.29, 0.717) is 0 Å². The average molecular weight is 325 g/mol. The van der Waals surface area contributed by atoms with Gasteiger partial charge in [-0.2, -0.15) is 0 Å². The van der Waals surface area contributed by atoms with E-state index in [1.165, 1.54) is 32.9 Å². The predicted octanol–water partition coefficient (Wildman–Crippen LogP) is 5.57. The van der Waals surface area contributed by atoms with Crippen molar-refractivity contribution in [2.24, 2.45) is 0 Å². The van der Waals surface area contributed by atoms with Crippen LogP contribution in [0.25, 0.3) is 32.8 Å². The molecule has 3 heterocycles. The third-order valence-electron chi connectivity index (χ3n) is 4.36. The highest BCUT2D eigenvalue weighted by atomic mass is 14.7. The van der Waals surface area contributed by atoms with Crippen LogP contribution in [0, 0.1) is 13.8 Å². The molecule has 0 aliphatic rings. The molecular formula is C22H19N3. The van der Waals surface area contributed by atoms with Gasteiger partial charge in [-0.15, -0.1) is 0 Å². The molecule has 3 heteroatoms. The fourth-order valence-electron chi connectivity index (χ4n) is 3.08. The van der Waals surface area contributed by atoms with Crippen LogP contribution in [0.2, 0.25) is 0 Å². The van der Waals surface area contributed by atoms with E-state index in [9.17, 15) is 0 Å². The number of aromatic nitrogens is 3. The van der Waals surface area contributed by atoms with E-state index in [2.05, 4.69) is 64.3 Å². The standard InChI is InChI=1S/C13H11N.C9H8N2/c1-9-6-7-13-11(8-9)10-4-2-3-5-12(10)14-13;1-7-4-6-10-8-3-2-5-11-9(7)8/h2-8,14H,1H3;2-6H,1H3. The SMILES string of the molecule is Cc1ccc2[nH]c3ccccc3c2c1.Cc1ccnc2cccnc12. The minimum absolute atomic E-state index is 0.965. The highest BCUT2D eigenvalue weighted by molar-refractivity contribution is 6.07. The Hall–Kier alpha value is -3.20. The van der Waals surface area contributed by atoms with Crippen LogP contribution in [0.3, 0.4) is 0 Å². The second-order valence-electron chi connectivity index (χ2n) is 6.22. The number of rotatable bonds is 0. The quantitative estimate of drug-likeness (QED) is 0.404. The Bertz CT molecular complexity index is 1170. The summed E-state index contributed by atoms with van der Waals surface area (Å²) in [7, 11) is 0. The van der Waals surface area contributed by atoms with E-state index in [1.54, 1.807) is 12.4 Å². The maximum Gasteiger partial charge on any atom is 0.0915 e. The summed E-state index contributed by atoms with van der Waals surface area (Å²) in [5.41, 5.74) is 6.88. The average Bonchev–Trinajstić information content (AvgIpc) is 3.01. The van der Waals surface area contributed by atoms with Gasteiger partial charge in [0.25, 0.3) is 0 Å². The number of fused-ring (bicyclic) bond motifs is 4. The largest absolute Gasteiger partial charge is 0.355 e. The van der Waals surface area contributed by atoms with Crippen LogP contribution in [0.5, 0.6) is 0 Å². The monoisotopic (exact) mass is 325 g/mol. The van der Waals surface area contributed by atoms with E-state index in [-0.39, 0.29) is 0 Å². The van der Waals surface area contributed by atoms with Crippen molar-refractivity contribution in [1.82, 2.24) is 15.0 Å². The first kappa shape index (κ1) is 15.3. The molecule has 5 aromatic rings. The second-order valence-corrected chi connectivity index (χ2v) is 6.22. The van der Waals surface area contributed by atoms with Crippen LogP contribution in [0.4, 0.5) is 0 Å². The van der Waals surface area contributed by atoms with Crippen molar-refractivity contribution in [2.45, 2.75) is 13.8 Å². The van der Waals surface area contributed by atoms with Crippen molar-refractivity contribution < 1.29 is 0 Å².